The lowest BCUT2D eigenvalue weighted by molar-refractivity contribution is 0.216. The predicted octanol–water partition coefficient (Wildman–Crippen LogP) is 2.08. The third-order valence-electron chi connectivity index (χ3n) is 2.34. The zero-order valence-electron chi connectivity index (χ0n) is 10.9. The molecule has 0 aliphatic rings. The summed E-state index contributed by atoms with van der Waals surface area (Å²) in [6.45, 7) is 5.85. The van der Waals surface area contributed by atoms with E-state index in [1.54, 1.807) is 14.2 Å². The fraction of sp³-hybridized carbons (Fsp3) is 0.538. The summed E-state index contributed by atoms with van der Waals surface area (Å²) in [5.41, 5.74) is 0. The van der Waals surface area contributed by atoms with Gasteiger partial charge < -0.3 is 19.5 Å². The van der Waals surface area contributed by atoms with E-state index in [0.29, 0.717) is 0 Å². The number of hydrogen-bond acceptors (Lipinski definition) is 4. The highest BCUT2D eigenvalue weighted by molar-refractivity contribution is 5.42. The zero-order valence-corrected chi connectivity index (χ0v) is 10.9. The van der Waals surface area contributed by atoms with Crippen LogP contribution in [0.1, 0.15) is 13.8 Å². The second-order valence-corrected chi connectivity index (χ2v) is 3.78. The van der Waals surface area contributed by atoms with Crippen LogP contribution in [-0.4, -0.2) is 33.4 Å². The molecule has 17 heavy (non-hydrogen) atoms. The molecule has 1 atom stereocenters. The Morgan fingerprint density at radius 3 is 2.06 bits per heavy atom. The minimum absolute atomic E-state index is 0.103. The van der Waals surface area contributed by atoms with Crippen LogP contribution < -0.4 is 19.5 Å². The molecule has 96 valence electrons. The molecule has 1 aromatic carbocycles. The van der Waals surface area contributed by atoms with Gasteiger partial charge in [0, 0.05) is 24.7 Å². The molecule has 1 unspecified atom stereocenters. The largest absolute Gasteiger partial charge is 0.496 e. The summed E-state index contributed by atoms with van der Waals surface area (Å²) < 4.78 is 16.1. The van der Waals surface area contributed by atoms with Crippen molar-refractivity contribution in [3.63, 3.8) is 0 Å². The molecule has 0 amide bonds. The highest BCUT2D eigenvalue weighted by atomic mass is 16.5. The summed E-state index contributed by atoms with van der Waals surface area (Å²) in [6.07, 6.45) is 0.103. The van der Waals surface area contributed by atoms with Gasteiger partial charge in [0.2, 0.25) is 0 Å². The van der Waals surface area contributed by atoms with E-state index >= 15 is 0 Å². The van der Waals surface area contributed by atoms with E-state index in [0.717, 1.165) is 30.3 Å². The first-order chi connectivity index (χ1) is 8.19. The molecule has 0 radical (unpaired) electrons. The molecule has 0 fully saturated rings. The van der Waals surface area contributed by atoms with Crippen molar-refractivity contribution in [1.29, 1.82) is 0 Å². The fourth-order valence-corrected chi connectivity index (χ4v) is 1.47. The number of ether oxygens (including phenoxy) is 3. The first kappa shape index (κ1) is 13.6. The van der Waals surface area contributed by atoms with E-state index in [9.17, 15) is 0 Å². The van der Waals surface area contributed by atoms with Crippen LogP contribution in [0, 0.1) is 0 Å². The summed E-state index contributed by atoms with van der Waals surface area (Å²) in [7, 11) is 3.25. The van der Waals surface area contributed by atoms with E-state index in [4.69, 9.17) is 14.2 Å². The molecule has 4 nitrogen and oxygen atoms in total. The van der Waals surface area contributed by atoms with Gasteiger partial charge >= 0.3 is 0 Å². The maximum Gasteiger partial charge on any atom is 0.127 e. The Balaban J connectivity index is 2.68. The normalized spacial score (nSPS) is 12.0. The maximum absolute atomic E-state index is 5.78. The van der Waals surface area contributed by atoms with Gasteiger partial charge in [0.1, 0.15) is 23.4 Å². The van der Waals surface area contributed by atoms with E-state index in [2.05, 4.69) is 12.2 Å². The zero-order chi connectivity index (χ0) is 12.7. The molecular weight excluding hydrogens is 218 g/mol. The van der Waals surface area contributed by atoms with Crippen molar-refractivity contribution < 1.29 is 14.2 Å². The molecule has 0 aliphatic carbocycles. The number of benzene rings is 1. The molecular formula is C13H21NO3. The molecule has 0 saturated carbocycles. The summed E-state index contributed by atoms with van der Waals surface area (Å²) in [5, 5.41) is 3.24. The quantitative estimate of drug-likeness (QED) is 0.791. The Labute approximate surface area is 103 Å². The number of methoxy groups -OCH3 is 2. The lowest BCUT2D eigenvalue weighted by Crippen LogP contribution is -2.28. The van der Waals surface area contributed by atoms with Crippen LogP contribution in [0.2, 0.25) is 0 Å². The first-order valence-electron chi connectivity index (χ1n) is 5.80. The van der Waals surface area contributed by atoms with E-state index in [-0.39, 0.29) is 6.10 Å². The third-order valence-corrected chi connectivity index (χ3v) is 2.34. The van der Waals surface area contributed by atoms with Gasteiger partial charge in [0.05, 0.1) is 14.2 Å². The van der Waals surface area contributed by atoms with E-state index in [1.165, 1.54) is 0 Å². The Bertz CT molecular complexity index is 319. The monoisotopic (exact) mass is 239 g/mol. The van der Waals surface area contributed by atoms with Crippen molar-refractivity contribution >= 4 is 0 Å². The molecule has 1 rings (SSSR count). The van der Waals surface area contributed by atoms with E-state index in [1.807, 2.05) is 25.1 Å². The molecule has 1 N–H and O–H groups in total. The maximum atomic E-state index is 5.78. The number of rotatable bonds is 7. The van der Waals surface area contributed by atoms with Gasteiger partial charge in [-0.05, 0) is 13.5 Å². The van der Waals surface area contributed by atoms with Gasteiger partial charge in [-0.15, -0.1) is 0 Å². The number of likely N-dealkylation sites (N-methyl/N-ethyl adjacent to an activating group) is 1. The lowest BCUT2D eigenvalue weighted by atomic mass is 10.3. The van der Waals surface area contributed by atoms with E-state index < -0.39 is 0 Å². The highest BCUT2D eigenvalue weighted by Gasteiger charge is 2.06. The molecule has 0 heterocycles. The molecule has 0 aromatic heterocycles. The van der Waals surface area contributed by atoms with Gasteiger partial charge in [-0.2, -0.15) is 0 Å². The van der Waals surface area contributed by atoms with Crippen LogP contribution in [0.25, 0.3) is 0 Å². The van der Waals surface area contributed by atoms with Gasteiger partial charge in [0.25, 0.3) is 0 Å². The highest BCUT2D eigenvalue weighted by Crippen LogP contribution is 2.27. The second-order valence-electron chi connectivity index (χ2n) is 3.78. The van der Waals surface area contributed by atoms with Crippen LogP contribution in [0.5, 0.6) is 17.2 Å². The van der Waals surface area contributed by atoms with Crippen molar-refractivity contribution in [3.05, 3.63) is 18.2 Å². The first-order valence-corrected chi connectivity index (χ1v) is 5.80. The average molecular weight is 239 g/mol. The van der Waals surface area contributed by atoms with Gasteiger partial charge in [-0.1, -0.05) is 6.92 Å². The summed E-state index contributed by atoms with van der Waals surface area (Å²) in [4.78, 5) is 0. The van der Waals surface area contributed by atoms with Crippen LogP contribution in [0.4, 0.5) is 0 Å². The average Bonchev–Trinajstić information content (AvgIpc) is 2.35. The Hall–Kier alpha value is -1.42. The Kier molecular flexibility index (Phi) is 5.63. The fourth-order valence-electron chi connectivity index (χ4n) is 1.47. The van der Waals surface area contributed by atoms with Crippen molar-refractivity contribution in [3.8, 4) is 17.2 Å². The lowest BCUT2D eigenvalue weighted by Gasteiger charge is -2.16. The van der Waals surface area contributed by atoms with Crippen molar-refractivity contribution in [2.45, 2.75) is 20.0 Å². The predicted molar refractivity (Wildman–Crippen MR) is 68.2 cm³/mol. The van der Waals surface area contributed by atoms with Crippen molar-refractivity contribution in [2.24, 2.45) is 0 Å². The third kappa shape index (κ3) is 4.53. The standard InChI is InChI=1S/C13H21NO3/c1-5-14-9-10(2)17-13-7-11(15-3)6-12(8-13)16-4/h6-8,10,14H,5,9H2,1-4H3. The van der Waals surface area contributed by atoms with Crippen LogP contribution in [0.15, 0.2) is 18.2 Å². The molecule has 1 aromatic rings. The summed E-state index contributed by atoms with van der Waals surface area (Å²) in [5.74, 6) is 2.22. The summed E-state index contributed by atoms with van der Waals surface area (Å²) >= 11 is 0. The SMILES string of the molecule is CCNCC(C)Oc1cc(OC)cc(OC)c1. The second kappa shape index (κ2) is 7.01. The van der Waals surface area contributed by atoms with Crippen molar-refractivity contribution in [1.82, 2.24) is 5.32 Å². The van der Waals surface area contributed by atoms with Crippen LogP contribution in [-0.2, 0) is 0 Å². The Morgan fingerprint density at radius 2 is 1.59 bits per heavy atom. The van der Waals surface area contributed by atoms with Crippen molar-refractivity contribution in [2.75, 3.05) is 27.3 Å². The molecule has 0 bridgehead atoms. The molecule has 4 heteroatoms. The minimum Gasteiger partial charge on any atom is -0.496 e. The topological polar surface area (TPSA) is 39.7 Å². The van der Waals surface area contributed by atoms with Gasteiger partial charge in [-0.25, -0.2) is 0 Å². The summed E-state index contributed by atoms with van der Waals surface area (Å²) in [6, 6.07) is 5.53. The smallest absolute Gasteiger partial charge is 0.127 e. The molecule has 0 saturated heterocycles. The van der Waals surface area contributed by atoms with Gasteiger partial charge in [0.15, 0.2) is 0 Å². The minimum atomic E-state index is 0.103. The Morgan fingerprint density at radius 1 is 1.06 bits per heavy atom. The number of nitrogens with one attached hydrogen (secondary N) is 1. The van der Waals surface area contributed by atoms with Crippen LogP contribution >= 0.6 is 0 Å². The van der Waals surface area contributed by atoms with Gasteiger partial charge in [-0.3, -0.25) is 0 Å². The molecule has 0 aliphatic heterocycles. The molecule has 0 spiro atoms. The van der Waals surface area contributed by atoms with Crippen LogP contribution in [0.3, 0.4) is 0 Å². The number of hydrogen-bond donors (Lipinski definition) is 1.